The summed E-state index contributed by atoms with van der Waals surface area (Å²) in [5, 5.41) is 0. The van der Waals surface area contributed by atoms with Crippen molar-refractivity contribution in [3.8, 4) is 0 Å². The van der Waals surface area contributed by atoms with Gasteiger partial charge in [-0.25, -0.2) is 0 Å². The zero-order chi connectivity index (χ0) is 7.97. The largest absolute Gasteiger partial charge is 0.257 e. The Bertz CT molecular complexity index is 310. The van der Waals surface area contributed by atoms with E-state index < -0.39 is 0 Å². The summed E-state index contributed by atoms with van der Waals surface area (Å²) >= 11 is 0. The van der Waals surface area contributed by atoms with Crippen molar-refractivity contribution in [2.75, 3.05) is 0 Å². The van der Waals surface area contributed by atoms with Crippen LogP contribution in [0, 0.1) is 0 Å². The molecule has 0 aromatic carbocycles. The van der Waals surface area contributed by atoms with Gasteiger partial charge in [0.15, 0.2) is 0 Å². The fourth-order valence-electron chi connectivity index (χ4n) is 2.21. The monoisotopic (exact) mass is 158 g/mol. The highest BCUT2D eigenvalue weighted by atomic mass is 14.8. The molecule has 2 heteroatoms. The van der Waals surface area contributed by atoms with Gasteiger partial charge in [-0.3, -0.25) is 9.97 Å². The summed E-state index contributed by atoms with van der Waals surface area (Å²) in [7, 11) is 0. The highest BCUT2D eigenvalue weighted by Crippen LogP contribution is 2.42. The molecule has 0 amide bonds. The summed E-state index contributed by atoms with van der Waals surface area (Å²) in [5.41, 5.74) is 2.44. The number of rotatable bonds is 0. The van der Waals surface area contributed by atoms with Gasteiger partial charge in [0.2, 0.25) is 0 Å². The Balaban J connectivity index is 2.24. The first-order chi connectivity index (χ1) is 5.95. The third-order valence-electron chi connectivity index (χ3n) is 2.82. The van der Waals surface area contributed by atoms with E-state index in [0.717, 1.165) is 0 Å². The van der Waals surface area contributed by atoms with Crippen LogP contribution in [0.15, 0.2) is 24.5 Å². The van der Waals surface area contributed by atoms with Crippen molar-refractivity contribution in [3.05, 3.63) is 35.9 Å². The molecule has 12 heavy (non-hydrogen) atoms. The SMILES string of the molecule is C1=CC2CCC1c1nccnc12. The molecule has 0 radical (unpaired) electrons. The maximum Gasteiger partial charge on any atom is 0.0693 e. The van der Waals surface area contributed by atoms with Crippen molar-refractivity contribution in [1.29, 1.82) is 0 Å². The molecular weight excluding hydrogens is 148 g/mol. The van der Waals surface area contributed by atoms with Crippen LogP contribution in [0.4, 0.5) is 0 Å². The van der Waals surface area contributed by atoms with Crippen LogP contribution in [0.5, 0.6) is 0 Å². The van der Waals surface area contributed by atoms with E-state index in [-0.39, 0.29) is 0 Å². The smallest absolute Gasteiger partial charge is 0.0693 e. The molecule has 1 heterocycles. The first-order valence-electron chi connectivity index (χ1n) is 4.44. The van der Waals surface area contributed by atoms with Crippen LogP contribution in [-0.2, 0) is 0 Å². The Hall–Kier alpha value is -1.18. The first kappa shape index (κ1) is 6.35. The standard InChI is InChI=1S/C10H10N2/c1-2-8-4-3-7(1)9-10(8)12-6-5-11-9/h1-2,5-8H,3-4H2. The van der Waals surface area contributed by atoms with E-state index in [1.807, 2.05) is 0 Å². The molecule has 0 fully saturated rings. The molecular formula is C10H10N2. The van der Waals surface area contributed by atoms with Crippen molar-refractivity contribution in [3.63, 3.8) is 0 Å². The average molecular weight is 158 g/mol. The molecule has 0 aliphatic heterocycles. The molecule has 2 unspecified atom stereocenters. The van der Waals surface area contributed by atoms with Crippen LogP contribution in [0.2, 0.25) is 0 Å². The summed E-state index contributed by atoms with van der Waals surface area (Å²) in [6, 6.07) is 0. The van der Waals surface area contributed by atoms with Crippen molar-refractivity contribution >= 4 is 0 Å². The number of aromatic nitrogens is 2. The number of hydrogen-bond donors (Lipinski definition) is 0. The lowest BCUT2D eigenvalue weighted by molar-refractivity contribution is 0.526. The van der Waals surface area contributed by atoms with Gasteiger partial charge in [-0.1, -0.05) is 12.2 Å². The van der Waals surface area contributed by atoms with E-state index in [4.69, 9.17) is 0 Å². The molecule has 0 N–H and O–H groups in total. The zero-order valence-electron chi connectivity index (χ0n) is 6.77. The summed E-state index contributed by atoms with van der Waals surface area (Å²) in [5.74, 6) is 1.11. The maximum atomic E-state index is 4.39. The minimum absolute atomic E-state index is 0.554. The lowest BCUT2D eigenvalue weighted by atomic mass is 9.76. The number of nitrogens with zero attached hydrogens (tertiary/aromatic N) is 2. The number of fused-ring (bicyclic) bond motifs is 1. The van der Waals surface area contributed by atoms with E-state index >= 15 is 0 Å². The molecule has 4 rings (SSSR count). The second-order valence-corrected chi connectivity index (χ2v) is 3.50. The summed E-state index contributed by atoms with van der Waals surface area (Å²) in [6.07, 6.45) is 10.7. The van der Waals surface area contributed by atoms with Crippen LogP contribution in [0.3, 0.4) is 0 Å². The van der Waals surface area contributed by atoms with Crippen molar-refractivity contribution in [1.82, 2.24) is 9.97 Å². The van der Waals surface area contributed by atoms with Gasteiger partial charge in [-0.2, -0.15) is 0 Å². The topological polar surface area (TPSA) is 25.8 Å². The van der Waals surface area contributed by atoms with Gasteiger partial charge in [0.25, 0.3) is 0 Å². The summed E-state index contributed by atoms with van der Waals surface area (Å²) in [6.45, 7) is 0. The Labute approximate surface area is 71.4 Å². The number of allylic oxidation sites excluding steroid dienone is 2. The molecule has 1 aromatic heterocycles. The van der Waals surface area contributed by atoms with Gasteiger partial charge in [-0.15, -0.1) is 0 Å². The van der Waals surface area contributed by atoms with E-state index in [9.17, 15) is 0 Å². The Morgan fingerprint density at radius 2 is 1.42 bits per heavy atom. The Morgan fingerprint density at radius 1 is 0.917 bits per heavy atom. The lowest BCUT2D eigenvalue weighted by Gasteiger charge is -2.30. The highest BCUT2D eigenvalue weighted by Gasteiger charge is 2.30. The molecule has 2 bridgehead atoms. The van der Waals surface area contributed by atoms with Crippen molar-refractivity contribution < 1.29 is 0 Å². The van der Waals surface area contributed by atoms with Crippen molar-refractivity contribution in [2.24, 2.45) is 0 Å². The predicted molar refractivity (Wildman–Crippen MR) is 45.9 cm³/mol. The minimum atomic E-state index is 0.554. The zero-order valence-corrected chi connectivity index (χ0v) is 6.77. The quantitative estimate of drug-likeness (QED) is 0.540. The van der Waals surface area contributed by atoms with Gasteiger partial charge in [-0.05, 0) is 12.8 Å². The molecule has 0 saturated carbocycles. The molecule has 3 aliphatic carbocycles. The second kappa shape index (κ2) is 2.16. The van der Waals surface area contributed by atoms with E-state index in [0.29, 0.717) is 11.8 Å². The molecule has 3 aliphatic rings. The van der Waals surface area contributed by atoms with E-state index in [2.05, 4.69) is 22.1 Å². The van der Waals surface area contributed by atoms with Crippen LogP contribution in [0.25, 0.3) is 0 Å². The van der Waals surface area contributed by atoms with E-state index in [1.165, 1.54) is 24.2 Å². The van der Waals surface area contributed by atoms with E-state index in [1.54, 1.807) is 12.4 Å². The predicted octanol–water partition coefficient (Wildman–Crippen LogP) is 2.01. The normalized spacial score (nSPS) is 30.3. The molecule has 0 spiro atoms. The third-order valence-corrected chi connectivity index (χ3v) is 2.82. The Kier molecular flexibility index (Phi) is 1.14. The third kappa shape index (κ3) is 0.697. The van der Waals surface area contributed by atoms with Crippen LogP contribution < -0.4 is 0 Å². The van der Waals surface area contributed by atoms with Gasteiger partial charge < -0.3 is 0 Å². The molecule has 1 aromatic rings. The second-order valence-electron chi connectivity index (χ2n) is 3.50. The van der Waals surface area contributed by atoms with Crippen molar-refractivity contribution in [2.45, 2.75) is 24.7 Å². The molecule has 0 saturated heterocycles. The molecule has 2 atom stereocenters. The van der Waals surface area contributed by atoms with Crippen LogP contribution >= 0.6 is 0 Å². The Morgan fingerprint density at radius 3 is 1.83 bits per heavy atom. The minimum Gasteiger partial charge on any atom is -0.257 e. The number of hydrogen-bond acceptors (Lipinski definition) is 2. The van der Waals surface area contributed by atoms with Gasteiger partial charge in [0.05, 0.1) is 11.4 Å². The van der Waals surface area contributed by atoms with Gasteiger partial charge in [0, 0.05) is 24.2 Å². The summed E-state index contributed by atoms with van der Waals surface area (Å²) in [4.78, 5) is 8.78. The van der Waals surface area contributed by atoms with Gasteiger partial charge in [0.1, 0.15) is 0 Å². The fraction of sp³-hybridized carbons (Fsp3) is 0.400. The van der Waals surface area contributed by atoms with Crippen LogP contribution in [0.1, 0.15) is 36.1 Å². The van der Waals surface area contributed by atoms with Gasteiger partial charge >= 0.3 is 0 Å². The van der Waals surface area contributed by atoms with Crippen LogP contribution in [-0.4, -0.2) is 9.97 Å². The average Bonchev–Trinajstić information content (AvgIpc) is 2.20. The highest BCUT2D eigenvalue weighted by molar-refractivity contribution is 5.35. The molecule has 2 nitrogen and oxygen atoms in total. The fourth-order valence-corrected chi connectivity index (χ4v) is 2.21. The maximum absolute atomic E-state index is 4.39. The summed E-state index contributed by atoms with van der Waals surface area (Å²) < 4.78 is 0. The molecule has 60 valence electrons. The lowest BCUT2D eigenvalue weighted by Crippen LogP contribution is -2.19. The first-order valence-corrected chi connectivity index (χ1v) is 4.44.